The van der Waals surface area contributed by atoms with Crippen molar-refractivity contribution in [2.75, 3.05) is 17.7 Å². The number of methoxy groups -OCH3 is 1. The van der Waals surface area contributed by atoms with Crippen LogP contribution in [0, 0.1) is 45.3 Å². The predicted octanol–water partition coefficient (Wildman–Crippen LogP) is 5.23. The number of aromatic hydroxyl groups is 2. The number of hydrogen-bond donors (Lipinski definition) is 4. The average Bonchev–Trinajstić information content (AvgIpc) is 2.85. The molecule has 0 aromatic heterocycles. The Morgan fingerprint density at radius 2 is 1.32 bits per heavy atom. The molecule has 0 saturated heterocycles. The maximum atomic E-state index is 12.0. The first-order chi connectivity index (χ1) is 18.6. The first-order valence-corrected chi connectivity index (χ1v) is 12.0. The molecular formula is C28H32N6O6. The maximum Gasteiger partial charge on any atom is 0.514 e. The lowest BCUT2D eigenvalue weighted by molar-refractivity contribution is 0.0200. The number of phenols is 2. The summed E-state index contributed by atoms with van der Waals surface area (Å²) >= 11 is 0. The Hall–Kier alpha value is -5.33. The highest BCUT2D eigenvalue weighted by Gasteiger charge is 2.26. The van der Waals surface area contributed by atoms with Crippen LogP contribution in [0.15, 0.2) is 12.1 Å². The van der Waals surface area contributed by atoms with Gasteiger partial charge in [-0.3, -0.25) is 0 Å². The number of benzene rings is 2. The number of anilines is 2. The van der Waals surface area contributed by atoms with Gasteiger partial charge in [0.25, 0.3) is 0 Å². The van der Waals surface area contributed by atoms with Gasteiger partial charge in [-0.2, -0.15) is 21.0 Å². The van der Waals surface area contributed by atoms with Crippen LogP contribution in [0.3, 0.4) is 0 Å². The van der Waals surface area contributed by atoms with Crippen molar-refractivity contribution in [1.82, 2.24) is 0 Å². The average molecular weight is 549 g/mol. The summed E-state index contributed by atoms with van der Waals surface area (Å²) in [6, 6.07) is 10.1. The van der Waals surface area contributed by atoms with E-state index in [2.05, 4.69) is 10.6 Å². The Kier molecular flexibility index (Phi) is 11.4. The van der Waals surface area contributed by atoms with Crippen LogP contribution in [-0.4, -0.2) is 41.2 Å². The van der Waals surface area contributed by atoms with Crippen molar-refractivity contribution < 1.29 is 29.2 Å². The molecule has 0 radical (unpaired) electrons. The summed E-state index contributed by atoms with van der Waals surface area (Å²) in [6.07, 6.45) is -0.961. The monoisotopic (exact) mass is 548 g/mol. The van der Waals surface area contributed by atoms with E-state index in [1.165, 1.54) is 13.2 Å². The Morgan fingerprint density at radius 3 is 1.73 bits per heavy atom. The molecular weight excluding hydrogens is 516 g/mol. The van der Waals surface area contributed by atoms with Gasteiger partial charge in [-0.15, -0.1) is 0 Å². The number of hydrogen-bond acceptors (Lipinski definition) is 12. The summed E-state index contributed by atoms with van der Waals surface area (Å²) in [6.45, 7) is 12.5. The quantitative estimate of drug-likeness (QED) is 0.158. The molecule has 0 unspecified atom stereocenters. The fraction of sp³-hybridized carbons (Fsp3) is 0.393. The van der Waals surface area contributed by atoms with E-state index in [0.29, 0.717) is 0 Å². The smallest absolute Gasteiger partial charge is 0.504 e. The molecule has 0 bridgehead atoms. The van der Waals surface area contributed by atoms with Gasteiger partial charge in [0.2, 0.25) is 0 Å². The Balaban J connectivity index is 0.000000433. The largest absolute Gasteiger partial charge is 0.514 e. The molecule has 4 N–H and O–H groups in total. The second-order valence-corrected chi connectivity index (χ2v) is 9.86. The zero-order valence-corrected chi connectivity index (χ0v) is 23.6. The summed E-state index contributed by atoms with van der Waals surface area (Å²) in [7, 11) is 1.36. The van der Waals surface area contributed by atoms with E-state index in [9.17, 15) is 25.5 Å². The standard InChI is InChI=1S/C17H21N3O4.C11H11N3O2/c1-10(2)20-14-11(8-18)7-13(22-6)15(12(14)9-19)23-16(21)24-17(3,4)5;1-6(2)14-10-7(4-12)3-9(15)11(16)8(10)5-13/h7,10,20H,1-6H3;3,6,14-16H,1-2H3. The molecule has 0 amide bonds. The van der Waals surface area contributed by atoms with Crippen LogP contribution < -0.4 is 20.1 Å². The third kappa shape index (κ3) is 8.62. The molecule has 0 saturated carbocycles. The second-order valence-electron chi connectivity index (χ2n) is 9.86. The second kappa shape index (κ2) is 14.0. The number of nitrogens with zero attached hydrogens (tertiary/aromatic N) is 4. The van der Waals surface area contributed by atoms with Gasteiger partial charge in [-0.1, -0.05) is 0 Å². The maximum absolute atomic E-state index is 12.0. The highest BCUT2D eigenvalue weighted by Crippen LogP contribution is 2.39. The lowest BCUT2D eigenvalue weighted by atomic mass is 10.1. The molecule has 0 atom stereocenters. The molecule has 12 heteroatoms. The molecule has 2 aromatic carbocycles. The van der Waals surface area contributed by atoms with Gasteiger partial charge in [-0.05, 0) is 48.5 Å². The minimum absolute atomic E-state index is 0.00291. The third-order valence-corrected chi connectivity index (χ3v) is 4.65. The van der Waals surface area contributed by atoms with E-state index in [-0.39, 0.29) is 57.2 Å². The van der Waals surface area contributed by atoms with Crippen molar-refractivity contribution >= 4 is 17.5 Å². The Bertz CT molecular complexity index is 1420. The summed E-state index contributed by atoms with van der Waals surface area (Å²) in [5, 5.41) is 61.3. The zero-order valence-electron chi connectivity index (χ0n) is 23.6. The number of rotatable bonds is 6. The van der Waals surface area contributed by atoms with E-state index >= 15 is 0 Å². The fourth-order valence-electron chi connectivity index (χ4n) is 3.17. The number of ether oxygens (including phenoxy) is 3. The van der Waals surface area contributed by atoms with Gasteiger partial charge < -0.3 is 35.1 Å². The van der Waals surface area contributed by atoms with Gasteiger partial charge >= 0.3 is 6.16 Å². The van der Waals surface area contributed by atoms with Gasteiger partial charge in [0.05, 0.1) is 29.6 Å². The number of phenolic OH excluding ortho intramolecular Hbond substituents is 2. The third-order valence-electron chi connectivity index (χ3n) is 4.65. The highest BCUT2D eigenvalue weighted by molar-refractivity contribution is 5.78. The number of carbonyl (C=O) groups is 1. The van der Waals surface area contributed by atoms with E-state index in [4.69, 9.17) is 24.7 Å². The van der Waals surface area contributed by atoms with Gasteiger partial charge in [0.1, 0.15) is 41.0 Å². The van der Waals surface area contributed by atoms with Crippen molar-refractivity contribution in [1.29, 1.82) is 21.0 Å². The number of carbonyl (C=O) groups excluding carboxylic acids is 1. The molecule has 210 valence electrons. The summed E-state index contributed by atoms with van der Waals surface area (Å²) in [5.41, 5.74) is 0.0116. The predicted molar refractivity (Wildman–Crippen MR) is 146 cm³/mol. The molecule has 0 spiro atoms. The van der Waals surface area contributed by atoms with E-state index < -0.39 is 23.3 Å². The minimum atomic E-state index is -0.961. The van der Waals surface area contributed by atoms with Gasteiger partial charge in [0.15, 0.2) is 23.0 Å². The van der Waals surface area contributed by atoms with Crippen molar-refractivity contribution in [3.8, 4) is 47.3 Å². The first-order valence-electron chi connectivity index (χ1n) is 12.0. The normalized spacial score (nSPS) is 10.2. The van der Waals surface area contributed by atoms with Crippen molar-refractivity contribution in [2.45, 2.75) is 66.2 Å². The minimum Gasteiger partial charge on any atom is -0.504 e. The van der Waals surface area contributed by atoms with E-state index in [1.54, 1.807) is 26.8 Å². The zero-order chi connectivity index (χ0) is 30.8. The van der Waals surface area contributed by atoms with Crippen molar-refractivity contribution in [3.05, 3.63) is 34.4 Å². The molecule has 0 aliphatic rings. The number of nitrogens with one attached hydrogen (secondary N) is 2. The topological polar surface area (TPSA) is 204 Å². The summed E-state index contributed by atoms with van der Waals surface area (Å²) in [5.74, 6) is -0.966. The van der Waals surface area contributed by atoms with Crippen LogP contribution in [0.2, 0.25) is 0 Å². The van der Waals surface area contributed by atoms with E-state index in [1.807, 2.05) is 45.9 Å². The molecule has 0 fully saturated rings. The van der Waals surface area contributed by atoms with E-state index in [0.717, 1.165) is 6.07 Å². The molecule has 0 aliphatic carbocycles. The highest BCUT2D eigenvalue weighted by atomic mass is 16.7. The summed E-state index contributed by atoms with van der Waals surface area (Å²) in [4.78, 5) is 12.0. The lowest BCUT2D eigenvalue weighted by Crippen LogP contribution is -2.26. The molecule has 0 heterocycles. The fourth-order valence-corrected chi connectivity index (χ4v) is 3.17. The van der Waals surface area contributed by atoms with Crippen LogP contribution >= 0.6 is 0 Å². The molecule has 12 nitrogen and oxygen atoms in total. The Labute approximate surface area is 233 Å². The molecule has 40 heavy (non-hydrogen) atoms. The lowest BCUT2D eigenvalue weighted by Gasteiger charge is -2.21. The molecule has 2 aromatic rings. The van der Waals surface area contributed by atoms with Crippen LogP contribution in [0.25, 0.3) is 0 Å². The van der Waals surface area contributed by atoms with Crippen molar-refractivity contribution in [3.63, 3.8) is 0 Å². The van der Waals surface area contributed by atoms with Crippen LogP contribution in [0.1, 0.15) is 70.7 Å². The first kappa shape index (κ1) is 32.7. The summed E-state index contributed by atoms with van der Waals surface area (Å²) < 4.78 is 15.5. The van der Waals surface area contributed by atoms with Gasteiger partial charge in [0, 0.05) is 24.2 Å². The van der Waals surface area contributed by atoms with Crippen LogP contribution in [0.4, 0.5) is 16.2 Å². The molecule has 2 rings (SSSR count). The van der Waals surface area contributed by atoms with Crippen LogP contribution in [-0.2, 0) is 4.74 Å². The Morgan fingerprint density at radius 1 is 0.850 bits per heavy atom. The van der Waals surface area contributed by atoms with Crippen LogP contribution in [0.5, 0.6) is 23.0 Å². The number of nitriles is 4. The molecule has 0 aliphatic heterocycles. The van der Waals surface area contributed by atoms with Crippen molar-refractivity contribution in [2.24, 2.45) is 0 Å². The van der Waals surface area contributed by atoms with Gasteiger partial charge in [-0.25, -0.2) is 4.79 Å². The SMILES string of the molecule is CC(C)Nc1c(C#N)cc(O)c(O)c1C#N.COc1cc(C#N)c(NC(C)C)c(C#N)c1OC(=O)OC(C)(C)C.